The van der Waals surface area contributed by atoms with Crippen molar-refractivity contribution in [3.05, 3.63) is 70.5 Å². The molecule has 28 heavy (non-hydrogen) atoms. The Kier molecular flexibility index (Phi) is 6.65. The Balaban J connectivity index is 1.70. The van der Waals surface area contributed by atoms with Crippen LogP contribution in [-0.4, -0.2) is 22.4 Å². The number of piperidine rings is 1. The zero-order valence-corrected chi connectivity index (χ0v) is 17.1. The van der Waals surface area contributed by atoms with Gasteiger partial charge in [0.1, 0.15) is 17.5 Å². The molecule has 1 N–H and O–H groups in total. The number of likely N-dealkylation sites (tertiary alicyclic amines) is 1. The molecule has 0 aromatic heterocycles. The molecular weight excluding hydrogens is 433 g/mol. The highest BCUT2D eigenvalue weighted by molar-refractivity contribution is 9.09. The van der Waals surface area contributed by atoms with E-state index in [9.17, 15) is 18.0 Å². The van der Waals surface area contributed by atoms with Crippen molar-refractivity contribution in [2.45, 2.75) is 43.6 Å². The monoisotopic (exact) mass is 454 g/mol. The molecule has 7 heteroatoms. The van der Waals surface area contributed by atoms with E-state index in [0.717, 1.165) is 36.5 Å². The van der Waals surface area contributed by atoms with Gasteiger partial charge in [-0.3, -0.25) is 0 Å². The van der Waals surface area contributed by atoms with Crippen LogP contribution in [0.15, 0.2) is 36.4 Å². The van der Waals surface area contributed by atoms with Crippen LogP contribution in [0.4, 0.5) is 18.0 Å². The van der Waals surface area contributed by atoms with E-state index in [-0.39, 0.29) is 24.3 Å². The number of nitrogens with one attached hydrogen (secondary N) is 1. The van der Waals surface area contributed by atoms with Gasteiger partial charge < -0.3 is 10.2 Å². The van der Waals surface area contributed by atoms with Gasteiger partial charge in [0.15, 0.2) is 0 Å². The van der Waals surface area contributed by atoms with Gasteiger partial charge in [-0.15, -0.1) is 0 Å². The Morgan fingerprint density at radius 3 is 2.54 bits per heavy atom. The molecule has 0 bridgehead atoms. The molecule has 1 saturated heterocycles. The predicted octanol–water partition coefficient (Wildman–Crippen LogP) is 5.61. The molecule has 0 spiro atoms. The summed E-state index contributed by atoms with van der Waals surface area (Å²) in [6.07, 6.45) is 2.94. The fraction of sp³-hybridized carbons (Fsp3) is 0.381. The highest BCUT2D eigenvalue weighted by Gasteiger charge is 2.29. The Morgan fingerprint density at radius 1 is 1.14 bits per heavy atom. The highest BCUT2D eigenvalue weighted by atomic mass is 79.9. The zero-order chi connectivity index (χ0) is 20.3. The third-order valence-corrected chi connectivity index (χ3v) is 5.52. The predicted molar refractivity (Wildman–Crippen MR) is 106 cm³/mol. The van der Waals surface area contributed by atoms with Crippen LogP contribution in [0, 0.1) is 24.4 Å². The van der Waals surface area contributed by atoms with E-state index < -0.39 is 16.6 Å². The van der Waals surface area contributed by atoms with Crippen LogP contribution < -0.4 is 5.32 Å². The van der Waals surface area contributed by atoms with Crippen molar-refractivity contribution < 1.29 is 18.0 Å². The summed E-state index contributed by atoms with van der Waals surface area (Å²) >= 11 is 3.38. The molecule has 150 valence electrons. The second kappa shape index (κ2) is 8.99. The first-order valence-corrected chi connectivity index (χ1v) is 10.2. The molecule has 2 aromatic rings. The Hall–Kier alpha value is -2.02. The van der Waals surface area contributed by atoms with Gasteiger partial charge in [-0.05, 0) is 67.1 Å². The maximum atomic E-state index is 13.5. The third-order valence-electron chi connectivity index (χ3n) is 4.97. The van der Waals surface area contributed by atoms with Gasteiger partial charge in [-0.1, -0.05) is 22.0 Å². The zero-order valence-electron chi connectivity index (χ0n) is 15.5. The molecule has 1 aliphatic rings. The molecule has 1 fully saturated rings. The summed E-state index contributed by atoms with van der Waals surface area (Å²) in [5.74, 6) is -1.59. The van der Waals surface area contributed by atoms with Crippen molar-refractivity contribution in [2.24, 2.45) is 0 Å². The Labute approximate surface area is 171 Å². The molecule has 0 radical (unpaired) electrons. The first kappa shape index (κ1) is 20.7. The van der Waals surface area contributed by atoms with Crippen molar-refractivity contribution >= 4 is 22.0 Å². The number of hydrogen-bond acceptors (Lipinski definition) is 1. The molecule has 2 aromatic carbocycles. The number of urea groups is 1. The number of hydrogen-bond donors (Lipinski definition) is 1. The first-order valence-electron chi connectivity index (χ1n) is 9.25. The molecule has 3 nitrogen and oxygen atoms in total. The van der Waals surface area contributed by atoms with Crippen LogP contribution >= 0.6 is 15.9 Å². The molecule has 2 atom stereocenters. The molecule has 0 aliphatic carbocycles. The Bertz CT molecular complexity index is 841. The van der Waals surface area contributed by atoms with Crippen LogP contribution in [0.1, 0.15) is 42.0 Å². The largest absolute Gasteiger partial charge is 0.325 e. The molecule has 0 saturated carbocycles. The summed E-state index contributed by atoms with van der Waals surface area (Å²) in [6, 6.07) is 7.55. The van der Waals surface area contributed by atoms with Gasteiger partial charge in [0.05, 0.1) is 11.0 Å². The fourth-order valence-corrected chi connectivity index (χ4v) is 4.28. The average Bonchev–Trinajstić information content (AvgIpc) is 2.60. The van der Waals surface area contributed by atoms with E-state index in [1.807, 2.05) is 6.92 Å². The lowest BCUT2D eigenvalue weighted by atomic mass is 9.92. The normalized spacial score (nSPS) is 18.0. The number of aryl methyl sites for hydroxylation is 1. The van der Waals surface area contributed by atoms with Crippen molar-refractivity contribution in [1.82, 2.24) is 10.2 Å². The minimum atomic E-state index is -0.649. The summed E-state index contributed by atoms with van der Waals surface area (Å²) in [4.78, 5) is 14.1. The van der Waals surface area contributed by atoms with E-state index >= 15 is 0 Å². The van der Waals surface area contributed by atoms with Gasteiger partial charge in [0, 0.05) is 19.0 Å². The summed E-state index contributed by atoms with van der Waals surface area (Å²) in [5.41, 5.74) is 2.20. The quantitative estimate of drug-likeness (QED) is 0.472. The average molecular weight is 455 g/mol. The molecule has 3 rings (SSSR count). The van der Waals surface area contributed by atoms with E-state index in [0.29, 0.717) is 12.1 Å². The maximum Gasteiger partial charge on any atom is 0.318 e. The SMILES string of the molecule is Cc1cc(F)ccc1[C@H]1CCCCN1C(=O)N[C@H](Br)Cc1cc(F)cc(F)c1. The minimum absolute atomic E-state index is 0.124. The van der Waals surface area contributed by atoms with Crippen LogP contribution in [0.3, 0.4) is 0 Å². The summed E-state index contributed by atoms with van der Waals surface area (Å²) < 4.78 is 40.2. The first-order chi connectivity index (χ1) is 13.3. The van der Waals surface area contributed by atoms with Gasteiger partial charge in [0.2, 0.25) is 0 Å². The topological polar surface area (TPSA) is 32.3 Å². The summed E-state index contributed by atoms with van der Waals surface area (Å²) in [6.45, 7) is 2.44. The van der Waals surface area contributed by atoms with Gasteiger partial charge in [-0.2, -0.15) is 0 Å². The number of carbonyl (C=O) groups is 1. The third kappa shape index (κ3) is 5.07. The number of halogens is 4. The maximum absolute atomic E-state index is 13.5. The minimum Gasteiger partial charge on any atom is -0.325 e. The van der Waals surface area contributed by atoms with Crippen LogP contribution in [0.25, 0.3) is 0 Å². The summed E-state index contributed by atoms with van der Waals surface area (Å²) in [5, 5.41) is 2.85. The molecule has 1 heterocycles. The van der Waals surface area contributed by atoms with E-state index in [1.165, 1.54) is 24.3 Å². The Morgan fingerprint density at radius 2 is 1.86 bits per heavy atom. The van der Waals surface area contributed by atoms with Crippen LogP contribution in [0.2, 0.25) is 0 Å². The lowest BCUT2D eigenvalue weighted by Gasteiger charge is -2.37. The molecular formula is C21H22BrF3N2O. The number of nitrogens with zero attached hydrogens (tertiary/aromatic N) is 1. The number of rotatable bonds is 4. The lowest BCUT2D eigenvalue weighted by molar-refractivity contribution is 0.150. The second-order valence-corrected chi connectivity index (χ2v) is 8.21. The number of benzene rings is 2. The van der Waals surface area contributed by atoms with Gasteiger partial charge in [-0.25, -0.2) is 18.0 Å². The lowest BCUT2D eigenvalue weighted by Crippen LogP contribution is -2.47. The molecule has 2 amide bonds. The van der Waals surface area contributed by atoms with Crippen LogP contribution in [0.5, 0.6) is 0 Å². The van der Waals surface area contributed by atoms with Crippen molar-refractivity contribution in [3.8, 4) is 0 Å². The van der Waals surface area contributed by atoms with Gasteiger partial charge in [0.25, 0.3) is 0 Å². The molecule has 0 unspecified atom stereocenters. The van der Waals surface area contributed by atoms with Crippen molar-refractivity contribution in [1.29, 1.82) is 0 Å². The standard InChI is InChI=1S/C21H22BrF3N2O/c1-13-8-15(23)5-6-18(13)19-4-2-3-7-27(19)21(28)26-20(22)11-14-9-16(24)12-17(25)10-14/h5-6,8-10,12,19-20H,2-4,7,11H2,1H3,(H,26,28)/t19-,20+/m1/s1. The fourth-order valence-electron chi connectivity index (χ4n) is 3.71. The van der Waals surface area contributed by atoms with Crippen molar-refractivity contribution in [3.63, 3.8) is 0 Å². The highest BCUT2D eigenvalue weighted by Crippen LogP contribution is 2.33. The summed E-state index contributed by atoms with van der Waals surface area (Å²) in [7, 11) is 0. The number of amides is 2. The van der Waals surface area contributed by atoms with E-state index in [1.54, 1.807) is 11.0 Å². The van der Waals surface area contributed by atoms with E-state index in [4.69, 9.17) is 0 Å². The number of carbonyl (C=O) groups excluding carboxylic acids is 1. The smallest absolute Gasteiger partial charge is 0.318 e. The molecule has 1 aliphatic heterocycles. The second-order valence-electron chi connectivity index (χ2n) is 7.10. The number of alkyl halides is 1. The van der Waals surface area contributed by atoms with Crippen LogP contribution in [-0.2, 0) is 6.42 Å². The van der Waals surface area contributed by atoms with Gasteiger partial charge >= 0.3 is 6.03 Å². The van der Waals surface area contributed by atoms with Crippen molar-refractivity contribution in [2.75, 3.05) is 6.54 Å². The van der Waals surface area contributed by atoms with E-state index in [2.05, 4.69) is 21.2 Å².